The summed E-state index contributed by atoms with van der Waals surface area (Å²) in [6, 6.07) is 8.37. The Morgan fingerprint density at radius 2 is 1.62 bits per heavy atom. The normalized spacial score (nSPS) is 11.0. The predicted octanol–water partition coefficient (Wildman–Crippen LogP) is 4.00. The Balaban J connectivity index is 2.75. The van der Waals surface area contributed by atoms with Crippen molar-refractivity contribution in [2.24, 2.45) is 5.92 Å². The molecule has 0 aliphatic heterocycles. The van der Waals surface area contributed by atoms with Gasteiger partial charge in [-0.05, 0) is 17.0 Å². The van der Waals surface area contributed by atoms with Crippen LogP contribution in [0.25, 0.3) is 12.2 Å². The molecule has 68 valence electrons. The molecule has 0 saturated carbocycles. The topological polar surface area (TPSA) is 0 Å². The molecule has 0 heteroatoms. The Bertz CT molecular complexity index is 288. The maximum Gasteiger partial charge on any atom is -0.0259 e. The predicted molar refractivity (Wildman–Crippen MR) is 60.4 cm³/mol. The van der Waals surface area contributed by atoms with Crippen molar-refractivity contribution < 1.29 is 0 Å². The lowest BCUT2D eigenvalue weighted by Crippen LogP contribution is -1.78. The van der Waals surface area contributed by atoms with Crippen LogP contribution >= 0.6 is 0 Å². The van der Waals surface area contributed by atoms with Crippen LogP contribution in [0.3, 0.4) is 0 Å². The molecular weight excluding hydrogens is 156 g/mol. The second-order valence-electron chi connectivity index (χ2n) is 3.47. The molecule has 1 aromatic rings. The largest absolute Gasteiger partial charge is 0.0985 e. The van der Waals surface area contributed by atoms with Crippen LogP contribution in [0, 0.1) is 5.92 Å². The van der Waals surface area contributed by atoms with E-state index >= 15 is 0 Å². The first-order valence-corrected chi connectivity index (χ1v) is 4.63. The Labute approximate surface area is 80.6 Å². The molecule has 0 aromatic heterocycles. The zero-order chi connectivity index (χ0) is 9.68. The van der Waals surface area contributed by atoms with Gasteiger partial charge < -0.3 is 0 Å². The van der Waals surface area contributed by atoms with Gasteiger partial charge in [-0.2, -0.15) is 0 Å². The molecule has 0 radical (unpaired) electrons. The molecule has 1 aromatic carbocycles. The molecule has 13 heavy (non-hydrogen) atoms. The second kappa shape index (κ2) is 4.66. The zero-order valence-corrected chi connectivity index (χ0v) is 8.33. The van der Waals surface area contributed by atoms with E-state index in [1.807, 2.05) is 6.08 Å². The fraction of sp³-hybridized carbons (Fsp3) is 0.231. The van der Waals surface area contributed by atoms with E-state index in [1.54, 1.807) is 0 Å². The molecule has 0 N–H and O–H groups in total. The summed E-state index contributed by atoms with van der Waals surface area (Å²) in [7, 11) is 0. The molecule has 0 spiro atoms. The Morgan fingerprint density at radius 3 is 2.08 bits per heavy atom. The highest BCUT2D eigenvalue weighted by Gasteiger charge is 1.88. The van der Waals surface area contributed by atoms with Gasteiger partial charge in [0.25, 0.3) is 0 Å². The van der Waals surface area contributed by atoms with E-state index < -0.39 is 0 Å². The third-order valence-electron chi connectivity index (χ3n) is 1.85. The molecule has 0 bridgehead atoms. The average Bonchev–Trinajstić information content (AvgIpc) is 2.15. The van der Waals surface area contributed by atoms with Crippen LogP contribution in [0.4, 0.5) is 0 Å². The monoisotopic (exact) mass is 172 g/mol. The molecule has 1 rings (SSSR count). The number of hydrogen-bond acceptors (Lipinski definition) is 0. The highest BCUT2D eigenvalue weighted by Crippen LogP contribution is 2.08. The molecule has 0 nitrogen and oxygen atoms in total. The third-order valence-corrected chi connectivity index (χ3v) is 1.85. The fourth-order valence-electron chi connectivity index (χ4n) is 1.05. The quantitative estimate of drug-likeness (QED) is 0.646. The maximum absolute atomic E-state index is 3.72. The highest BCUT2D eigenvalue weighted by atomic mass is 13.9. The minimum atomic E-state index is 0.610. The van der Waals surface area contributed by atoms with Crippen molar-refractivity contribution in [3.05, 3.63) is 48.0 Å². The average molecular weight is 172 g/mol. The van der Waals surface area contributed by atoms with Crippen molar-refractivity contribution in [3.63, 3.8) is 0 Å². The number of benzene rings is 1. The van der Waals surface area contributed by atoms with Gasteiger partial charge in [0.1, 0.15) is 0 Å². The van der Waals surface area contributed by atoms with Gasteiger partial charge in [0.2, 0.25) is 0 Å². The molecule has 0 aliphatic carbocycles. The summed E-state index contributed by atoms with van der Waals surface area (Å²) < 4.78 is 0. The van der Waals surface area contributed by atoms with Gasteiger partial charge >= 0.3 is 0 Å². The first kappa shape index (κ1) is 9.79. The van der Waals surface area contributed by atoms with E-state index in [0.717, 1.165) is 0 Å². The van der Waals surface area contributed by atoms with Crippen LogP contribution in [0.1, 0.15) is 25.0 Å². The summed E-state index contributed by atoms with van der Waals surface area (Å²) >= 11 is 0. The van der Waals surface area contributed by atoms with Crippen molar-refractivity contribution in [2.45, 2.75) is 13.8 Å². The number of hydrogen-bond donors (Lipinski definition) is 0. The van der Waals surface area contributed by atoms with Crippen LogP contribution < -0.4 is 0 Å². The maximum atomic E-state index is 3.72. The van der Waals surface area contributed by atoms with Crippen LogP contribution in [0.2, 0.25) is 0 Å². The van der Waals surface area contributed by atoms with E-state index in [2.05, 4.69) is 56.8 Å². The lowest BCUT2D eigenvalue weighted by Gasteiger charge is -1.96. The van der Waals surface area contributed by atoms with Gasteiger partial charge in [0, 0.05) is 0 Å². The van der Waals surface area contributed by atoms with Crippen molar-refractivity contribution in [3.8, 4) is 0 Å². The van der Waals surface area contributed by atoms with Crippen molar-refractivity contribution in [1.82, 2.24) is 0 Å². The summed E-state index contributed by atoms with van der Waals surface area (Å²) in [5.74, 6) is 0.610. The molecule has 0 amide bonds. The zero-order valence-electron chi connectivity index (χ0n) is 8.33. The van der Waals surface area contributed by atoms with Crippen molar-refractivity contribution in [1.29, 1.82) is 0 Å². The molecule has 0 fully saturated rings. The van der Waals surface area contributed by atoms with Crippen LogP contribution in [-0.2, 0) is 0 Å². The van der Waals surface area contributed by atoms with Crippen molar-refractivity contribution >= 4 is 12.2 Å². The molecule has 0 aliphatic rings. The van der Waals surface area contributed by atoms with Gasteiger partial charge in [0.15, 0.2) is 0 Å². The number of rotatable bonds is 3. The minimum absolute atomic E-state index is 0.610. The molecule has 0 heterocycles. The van der Waals surface area contributed by atoms with Gasteiger partial charge in [-0.1, -0.05) is 62.9 Å². The Hall–Kier alpha value is -1.30. The van der Waals surface area contributed by atoms with E-state index in [1.165, 1.54) is 11.1 Å². The summed E-state index contributed by atoms with van der Waals surface area (Å²) in [6.45, 7) is 8.07. The van der Waals surface area contributed by atoms with E-state index in [0.29, 0.717) is 5.92 Å². The van der Waals surface area contributed by atoms with Gasteiger partial charge in [0.05, 0.1) is 0 Å². The Kier molecular flexibility index (Phi) is 3.51. The SMILES string of the molecule is C=Cc1ccc(C=CC(C)C)cc1. The van der Waals surface area contributed by atoms with E-state index in [-0.39, 0.29) is 0 Å². The summed E-state index contributed by atoms with van der Waals surface area (Å²) in [4.78, 5) is 0. The molecule has 0 saturated heterocycles. The lowest BCUT2D eigenvalue weighted by atomic mass is 10.1. The van der Waals surface area contributed by atoms with Crippen LogP contribution in [0.5, 0.6) is 0 Å². The summed E-state index contributed by atoms with van der Waals surface area (Å²) in [5.41, 5.74) is 2.42. The standard InChI is InChI=1S/C13H16/c1-4-12-7-9-13(10-8-12)6-5-11(2)3/h4-11H,1H2,2-3H3. The van der Waals surface area contributed by atoms with Crippen LogP contribution in [0.15, 0.2) is 36.9 Å². The smallest absolute Gasteiger partial charge is 0.0259 e. The molecule has 0 unspecified atom stereocenters. The van der Waals surface area contributed by atoms with Gasteiger partial charge in [-0.3, -0.25) is 0 Å². The first-order chi connectivity index (χ1) is 6.22. The lowest BCUT2D eigenvalue weighted by molar-refractivity contribution is 0.836. The van der Waals surface area contributed by atoms with E-state index in [9.17, 15) is 0 Å². The summed E-state index contributed by atoms with van der Waals surface area (Å²) in [5, 5.41) is 0. The van der Waals surface area contributed by atoms with Crippen LogP contribution in [-0.4, -0.2) is 0 Å². The Morgan fingerprint density at radius 1 is 1.08 bits per heavy atom. The van der Waals surface area contributed by atoms with Crippen molar-refractivity contribution in [2.75, 3.05) is 0 Å². The number of allylic oxidation sites excluding steroid dienone is 1. The van der Waals surface area contributed by atoms with Gasteiger partial charge in [-0.25, -0.2) is 0 Å². The minimum Gasteiger partial charge on any atom is -0.0985 e. The third kappa shape index (κ3) is 3.29. The fourth-order valence-corrected chi connectivity index (χ4v) is 1.05. The molecule has 0 atom stereocenters. The highest BCUT2D eigenvalue weighted by molar-refractivity contribution is 5.54. The summed E-state index contributed by atoms with van der Waals surface area (Å²) in [6.07, 6.45) is 6.20. The van der Waals surface area contributed by atoms with Gasteiger partial charge in [-0.15, -0.1) is 0 Å². The van der Waals surface area contributed by atoms with E-state index in [4.69, 9.17) is 0 Å². The second-order valence-corrected chi connectivity index (χ2v) is 3.47. The first-order valence-electron chi connectivity index (χ1n) is 4.63. The molecular formula is C13H16.